The van der Waals surface area contributed by atoms with Crippen molar-refractivity contribution in [2.24, 2.45) is 0 Å². The van der Waals surface area contributed by atoms with Gasteiger partial charge in [0, 0.05) is 15.7 Å². The molecule has 0 aliphatic heterocycles. The summed E-state index contributed by atoms with van der Waals surface area (Å²) in [6.45, 7) is 0. The summed E-state index contributed by atoms with van der Waals surface area (Å²) in [5, 5.41) is 4.87. The lowest BCUT2D eigenvalue weighted by Crippen LogP contribution is -2.21. The fourth-order valence-electron chi connectivity index (χ4n) is 1.62. The van der Waals surface area contributed by atoms with E-state index in [1.807, 2.05) is 0 Å². The Kier molecular flexibility index (Phi) is 5.72. The van der Waals surface area contributed by atoms with E-state index in [0.717, 1.165) is 0 Å². The molecule has 0 unspecified atom stereocenters. The monoisotopic (exact) mass is 446 g/mol. The van der Waals surface area contributed by atoms with E-state index in [1.165, 1.54) is 18.2 Å². The van der Waals surface area contributed by atoms with Gasteiger partial charge in [0.1, 0.15) is 5.69 Å². The van der Waals surface area contributed by atoms with Crippen LogP contribution in [0.15, 0.2) is 22.7 Å². The Morgan fingerprint density at radius 1 is 0.870 bits per heavy atom. The molecule has 2 nitrogen and oxygen atoms in total. The molecule has 0 aliphatic rings. The molecule has 2 N–H and O–H groups in total. The van der Waals surface area contributed by atoms with Crippen LogP contribution in [0.5, 0.6) is 0 Å². The Bertz CT molecular complexity index is 755. The number of benzene rings is 2. The summed E-state index contributed by atoms with van der Waals surface area (Å²) in [7, 11) is 0. The lowest BCUT2D eigenvalue weighted by atomic mass is 10.2. The average Bonchev–Trinajstić information content (AvgIpc) is 2.46. The zero-order valence-electron chi connectivity index (χ0n) is 10.8. The number of halogens is 7. The molecule has 0 amide bonds. The van der Waals surface area contributed by atoms with Gasteiger partial charge < -0.3 is 10.6 Å². The molecule has 0 radical (unpaired) electrons. The summed E-state index contributed by atoms with van der Waals surface area (Å²) in [4.78, 5) is 0. The molecule has 0 aromatic heterocycles. The van der Waals surface area contributed by atoms with Gasteiger partial charge in [0.25, 0.3) is 0 Å². The normalized spacial score (nSPS) is 10.6. The van der Waals surface area contributed by atoms with Crippen molar-refractivity contribution in [2.45, 2.75) is 0 Å². The summed E-state index contributed by atoms with van der Waals surface area (Å²) in [6, 6.07) is 4.34. The van der Waals surface area contributed by atoms with Gasteiger partial charge in [-0.3, -0.25) is 0 Å². The molecule has 0 bridgehead atoms. The molecule has 122 valence electrons. The molecule has 23 heavy (non-hydrogen) atoms. The van der Waals surface area contributed by atoms with Crippen LogP contribution < -0.4 is 10.6 Å². The van der Waals surface area contributed by atoms with Gasteiger partial charge in [0.15, 0.2) is 28.4 Å². The van der Waals surface area contributed by atoms with Crippen LogP contribution in [0.4, 0.5) is 28.9 Å². The maximum absolute atomic E-state index is 13.7. The Hall–Kier alpha value is -1.09. The number of hydrogen-bond acceptors (Lipinski definition) is 1. The second-order valence-electron chi connectivity index (χ2n) is 4.18. The fraction of sp³-hybridized carbons (Fsp3) is 0. The molecule has 0 spiro atoms. The van der Waals surface area contributed by atoms with Crippen molar-refractivity contribution in [3.8, 4) is 0 Å². The smallest absolute Gasteiger partial charge is 0.186 e. The molecule has 0 aliphatic carbocycles. The fourth-order valence-corrected chi connectivity index (χ4v) is 2.71. The standard InChI is InChI=1S/C13H5BrCl2F4N2S/c14-7-8(17)10(19)12(11(20)9(7)18)22-13(23)21-6-2-4(15)1-5(16)3-6/h1-3H,(H2,21,22,23). The third kappa shape index (κ3) is 4.06. The highest BCUT2D eigenvalue weighted by Crippen LogP contribution is 2.31. The maximum atomic E-state index is 13.7. The Morgan fingerprint density at radius 3 is 1.83 bits per heavy atom. The van der Waals surface area contributed by atoms with Crippen molar-refractivity contribution in [2.75, 3.05) is 10.6 Å². The zero-order valence-corrected chi connectivity index (χ0v) is 14.7. The average molecular weight is 448 g/mol. The third-order valence-electron chi connectivity index (χ3n) is 2.57. The first-order chi connectivity index (χ1) is 10.7. The van der Waals surface area contributed by atoms with Crippen LogP contribution in [0, 0.1) is 23.3 Å². The molecule has 10 heteroatoms. The predicted molar refractivity (Wildman–Crippen MR) is 90.3 cm³/mol. The highest BCUT2D eigenvalue weighted by Gasteiger charge is 2.24. The Morgan fingerprint density at radius 2 is 1.35 bits per heavy atom. The van der Waals surface area contributed by atoms with Gasteiger partial charge in [-0.25, -0.2) is 17.6 Å². The van der Waals surface area contributed by atoms with Crippen molar-refractivity contribution >= 4 is 67.8 Å². The zero-order chi connectivity index (χ0) is 17.3. The molecule has 0 saturated carbocycles. The van der Waals surface area contributed by atoms with Crippen LogP contribution in [0.25, 0.3) is 0 Å². The SMILES string of the molecule is Fc1c(F)c(NC(=S)Nc2cc(Cl)cc(Cl)c2)c(F)c(F)c1Br. The maximum Gasteiger partial charge on any atom is 0.186 e. The molecule has 0 heterocycles. The van der Waals surface area contributed by atoms with E-state index in [1.54, 1.807) is 0 Å². The van der Waals surface area contributed by atoms with Crippen LogP contribution >= 0.6 is 51.3 Å². The summed E-state index contributed by atoms with van der Waals surface area (Å²) in [5.41, 5.74) is -0.743. The van der Waals surface area contributed by atoms with E-state index in [-0.39, 0.29) is 5.11 Å². The third-order valence-corrected chi connectivity index (χ3v) is 3.91. The molecule has 0 saturated heterocycles. The molecule has 0 atom stereocenters. The Balaban J connectivity index is 2.27. The first-order valence-corrected chi connectivity index (χ1v) is 7.72. The van der Waals surface area contributed by atoms with Crippen LogP contribution in [0.2, 0.25) is 10.0 Å². The minimum Gasteiger partial charge on any atom is -0.332 e. The van der Waals surface area contributed by atoms with Gasteiger partial charge in [-0.05, 0) is 46.3 Å². The van der Waals surface area contributed by atoms with Crippen molar-refractivity contribution in [3.63, 3.8) is 0 Å². The molecular weight excluding hydrogens is 443 g/mol. The van der Waals surface area contributed by atoms with Gasteiger partial charge in [-0.2, -0.15) is 0 Å². The van der Waals surface area contributed by atoms with Crippen LogP contribution in [-0.4, -0.2) is 5.11 Å². The van der Waals surface area contributed by atoms with E-state index in [4.69, 9.17) is 35.4 Å². The topological polar surface area (TPSA) is 24.1 Å². The quantitative estimate of drug-likeness (QED) is 0.251. The second-order valence-corrected chi connectivity index (χ2v) is 6.26. The largest absolute Gasteiger partial charge is 0.332 e. The lowest BCUT2D eigenvalue weighted by Gasteiger charge is -2.14. The van der Waals surface area contributed by atoms with Crippen LogP contribution in [0.1, 0.15) is 0 Å². The highest BCUT2D eigenvalue weighted by molar-refractivity contribution is 9.10. The number of nitrogens with one attached hydrogen (secondary N) is 2. The predicted octanol–water partition coefficient (Wildman–Crippen LogP) is 6.12. The van der Waals surface area contributed by atoms with Gasteiger partial charge in [0.2, 0.25) is 0 Å². The summed E-state index contributed by atoms with van der Waals surface area (Å²) in [6.07, 6.45) is 0. The first-order valence-electron chi connectivity index (χ1n) is 5.76. The molecule has 0 fully saturated rings. The van der Waals surface area contributed by atoms with E-state index in [2.05, 4.69) is 26.6 Å². The van der Waals surface area contributed by atoms with Crippen molar-refractivity contribution < 1.29 is 17.6 Å². The molecular formula is C13H5BrCl2F4N2S. The highest BCUT2D eigenvalue weighted by atomic mass is 79.9. The van der Waals surface area contributed by atoms with Crippen LogP contribution in [-0.2, 0) is 0 Å². The molecule has 2 aromatic rings. The van der Waals surface area contributed by atoms with Gasteiger partial charge in [-0.15, -0.1) is 0 Å². The van der Waals surface area contributed by atoms with Crippen molar-refractivity contribution in [1.82, 2.24) is 0 Å². The summed E-state index contributed by atoms with van der Waals surface area (Å²) in [5.74, 6) is -6.41. The summed E-state index contributed by atoms with van der Waals surface area (Å²) >= 11 is 18.8. The number of thiocarbonyl (C=S) groups is 1. The van der Waals surface area contributed by atoms with Crippen molar-refractivity contribution in [1.29, 1.82) is 0 Å². The minimum atomic E-state index is -1.62. The van der Waals surface area contributed by atoms with Crippen LogP contribution in [0.3, 0.4) is 0 Å². The number of hydrogen-bond donors (Lipinski definition) is 2. The van der Waals surface area contributed by atoms with E-state index in [9.17, 15) is 17.6 Å². The summed E-state index contributed by atoms with van der Waals surface area (Å²) < 4.78 is 53.4. The van der Waals surface area contributed by atoms with Gasteiger partial charge in [-0.1, -0.05) is 23.2 Å². The van der Waals surface area contributed by atoms with E-state index in [0.29, 0.717) is 15.7 Å². The molecule has 2 rings (SSSR count). The Labute approximate surface area is 151 Å². The minimum absolute atomic E-state index is 0.292. The second kappa shape index (κ2) is 7.21. The lowest BCUT2D eigenvalue weighted by molar-refractivity contribution is 0.452. The van der Waals surface area contributed by atoms with Crippen molar-refractivity contribution in [3.05, 3.63) is 56.0 Å². The van der Waals surface area contributed by atoms with Gasteiger partial charge in [0.05, 0.1) is 4.47 Å². The first kappa shape index (κ1) is 18.3. The number of rotatable bonds is 2. The van der Waals surface area contributed by atoms with E-state index < -0.39 is 33.4 Å². The molecule has 2 aromatic carbocycles. The number of anilines is 2. The van der Waals surface area contributed by atoms with E-state index >= 15 is 0 Å². The van der Waals surface area contributed by atoms with Gasteiger partial charge >= 0.3 is 0 Å².